The van der Waals surface area contributed by atoms with E-state index in [0.29, 0.717) is 23.4 Å². The molecule has 0 fully saturated rings. The van der Waals surface area contributed by atoms with E-state index >= 15 is 0 Å². The van der Waals surface area contributed by atoms with Gasteiger partial charge < -0.3 is 57.8 Å². The molecule has 1 aromatic carbocycles. The highest BCUT2D eigenvalue weighted by Crippen LogP contribution is 2.13. The number of carboxylic acids is 1. The van der Waals surface area contributed by atoms with Gasteiger partial charge in [-0.1, -0.05) is 64.4 Å². The van der Waals surface area contributed by atoms with Crippen LogP contribution in [0.2, 0.25) is 0 Å². The Hall–Kier alpha value is -6.15. The molecule has 59 heavy (non-hydrogen) atoms. The van der Waals surface area contributed by atoms with Crippen LogP contribution in [0.4, 0.5) is 0 Å². The fourth-order valence-corrected chi connectivity index (χ4v) is 6.06. The van der Waals surface area contributed by atoms with E-state index in [9.17, 15) is 43.8 Å². The Balaban J connectivity index is 1.89. The van der Waals surface area contributed by atoms with Crippen molar-refractivity contribution in [3.8, 4) is 0 Å². The van der Waals surface area contributed by atoms with Crippen LogP contribution in [0.15, 0.2) is 55.4 Å². The highest BCUT2D eigenvalue weighted by Gasteiger charge is 2.36. The van der Waals surface area contributed by atoms with E-state index in [1.807, 2.05) is 13.8 Å². The molecule has 0 saturated carbocycles. The average molecular weight is 824 g/mol. The number of imidazole rings is 2. The number of nitrogens with one attached hydrogen (secondary N) is 8. The summed E-state index contributed by atoms with van der Waals surface area (Å²) in [5.74, 6) is -6.47. The van der Waals surface area contributed by atoms with Gasteiger partial charge in [0.15, 0.2) is 0 Å². The molecule has 0 aliphatic carbocycles. The second kappa shape index (κ2) is 23.3. The van der Waals surface area contributed by atoms with Crippen molar-refractivity contribution in [1.29, 1.82) is 0 Å². The minimum absolute atomic E-state index is 0.0309. The molecule has 20 heteroatoms. The number of carbonyl (C=O) groups is 7. The van der Waals surface area contributed by atoms with Gasteiger partial charge in [0.25, 0.3) is 0 Å². The predicted octanol–water partition coefficient (Wildman–Crippen LogP) is -1.41. The van der Waals surface area contributed by atoms with Crippen LogP contribution in [0.1, 0.15) is 64.4 Å². The Bertz CT molecular complexity index is 1820. The number of aromatic nitrogens is 4. The number of nitrogens with two attached hydrogens (primary N) is 1. The molecule has 0 bridgehead atoms. The molecule has 20 nitrogen and oxygen atoms in total. The van der Waals surface area contributed by atoms with E-state index in [-0.39, 0.29) is 31.6 Å². The lowest BCUT2D eigenvalue weighted by Crippen LogP contribution is -2.62. The quantitative estimate of drug-likeness (QED) is 0.0497. The van der Waals surface area contributed by atoms with Crippen LogP contribution in [0.3, 0.4) is 0 Å². The third kappa shape index (κ3) is 15.3. The number of aliphatic hydroxyl groups excluding tert-OH is 1. The van der Waals surface area contributed by atoms with Gasteiger partial charge in [-0.3, -0.25) is 28.8 Å². The molecular weight excluding hydrogens is 766 g/mol. The number of amides is 6. The van der Waals surface area contributed by atoms with Gasteiger partial charge in [0, 0.05) is 43.0 Å². The van der Waals surface area contributed by atoms with Crippen LogP contribution < -0.4 is 37.6 Å². The first-order valence-electron chi connectivity index (χ1n) is 19.4. The SMILES string of the molecule is CC[C@H](C)[C@H](NC(=O)[C@H](CC(C)C)NC(=O)[C@@H](NC(=O)CN)[C@@H](C)O)C(=O)N[C@@H](Cc1ccccc1)C(=O)N[C@@H](Cc1cnc[nH]1)C(=O)N[C@@H](Cc1cnc[nH]1)C(=O)O. The first-order valence-corrected chi connectivity index (χ1v) is 19.4. The minimum Gasteiger partial charge on any atom is -0.480 e. The van der Waals surface area contributed by atoms with E-state index in [1.54, 1.807) is 44.2 Å². The molecule has 0 saturated heterocycles. The number of rotatable bonds is 24. The zero-order chi connectivity index (χ0) is 43.6. The van der Waals surface area contributed by atoms with E-state index in [0.717, 1.165) is 0 Å². The van der Waals surface area contributed by atoms with Crippen molar-refractivity contribution >= 4 is 41.4 Å². The standard InChI is InChI=1S/C39H57N11O9/c1-6-22(4)32(50-36(55)27(12-21(2)3)46-38(57)33(23(5)51)49-31(52)16-40)37(56)47-28(13-24-10-8-7-9-11-24)34(53)45-29(14-25-17-41-19-43-25)35(54)48-30(39(58)59)15-26-18-42-20-44-26/h7-11,17-23,27-30,32-33,51H,6,12-16,40H2,1-5H3,(H,41,43)(H,42,44)(H,45,53)(H,46,57)(H,47,56)(H,48,54)(H,49,52)(H,50,55)(H,58,59)/t22-,23+,27-,28-,29-,30-,32-,33-/m0/s1. The number of hydrogen-bond donors (Lipinski definition) is 11. The first kappa shape index (κ1) is 47.2. The summed E-state index contributed by atoms with van der Waals surface area (Å²) < 4.78 is 0. The molecule has 0 aliphatic heterocycles. The number of benzene rings is 1. The van der Waals surface area contributed by atoms with Crippen molar-refractivity contribution in [2.75, 3.05) is 6.54 Å². The Morgan fingerprint density at radius 2 is 1.15 bits per heavy atom. The lowest BCUT2D eigenvalue weighted by molar-refractivity contribution is -0.142. The minimum atomic E-state index is -1.41. The number of H-pyrrole nitrogens is 2. The number of hydrogen-bond acceptors (Lipinski definition) is 11. The summed E-state index contributed by atoms with van der Waals surface area (Å²) in [6.07, 6.45) is 4.60. The highest BCUT2D eigenvalue weighted by molar-refractivity contribution is 5.97. The molecule has 0 radical (unpaired) electrons. The van der Waals surface area contributed by atoms with Crippen molar-refractivity contribution in [2.24, 2.45) is 17.6 Å². The maximum atomic E-state index is 14.2. The topological polar surface area (TPSA) is 316 Å². The lowest BCUT2D eigenvalue weighted by atomic mass is 9.95. The molecule has 0 spiro atoms. The van der Waals surface area contributed by atoms with Crippen molar-refractivity contribution in [3.05, 3.63) is 72.3 Å². The van der Waals surface area contributed by atoms with Gasteiger partial charge in [0.05, 0.1) is 25.3 Å². The summed E-state index contributed by atoms with van der Waals surface area (Å²) in [6, 6.07) is 0.963. The van der Waals surface area contributed by atoms with Gasteiger partial charge in [-0.2, -0.15) is 0 Å². The van der Waals surface area contributed by atoms with Gasteiger partial charge in [0.2, 0.25) is 35.4 Å². The maximum Gasteiger partial charge on any atom is 0.326 e. The monoisotopic (exact) mass is 823 g/mol. The molecule has 0 unspecified atom stereocenters. The molecule has 0 aliphatic rings. The smallest absolute Gasteiger partial charge is 0.326 e. The normalized spacial score (nSPS) is 15.3. The molecule has 3 aromatic rings. The lowest BCUT2D eigenvalue weighted by Gasteiger charge is -2.30. The first-order chi connectivity index (χ1) is 28.0. The van der Waals surface area contributed by atoms with Crippen LogP contribution in [-0.4, -0.2) is 120 Å². The van der Waals surface area contributed by atoms with E-state index in [4.69, 9.17) is 5.73 Å². The Kier molecular flexibility index (Phi) is 18.7. The van der Waals surface area contributed by atoms with E-state index in [1.165, 1.54) is 32.0 Å². The van der Waals surface area contributed by atoms with Crippen LogP contribution in [0.25, 0.3) is 0 Å². The molecule has 2 heterocycles. The molecule has 6 amide bonds. The Morgan fingerprint density at radius 3 is 1.64 bits per heavy atom. The molecule has 3 rings (SSSR count). The van der Waals surface area contributed by atoms with Crippen LogP contribution in [0, 0.1) is 11.8 Å². The Morgan fingerprint density at radius 1 is 0.661 bits per heavy atom. The summed E-state index contributed by atoms with van der Waals surface area (Å²) >= 11 is 0. The maximum absolute atomic E-state index is 14.2. The van der Waals surface area contributed by atoms with Crippen LogP contribution in [-0.2, 0) is 52.8 Å². The van der Waals surface area contributed by atoms with Gasteiger partial charge in [-0.25, -0.2) is 14.8 Å². The molecular formula is C39H57N11O9. The van der Waals surface area contributed by atoms with Gasteiger partial charge in [0.1, 0.15) is 36.3 Å². The molecule has 8 atom stereocenters. The second-order valence-electron chi connectivity index (χ2n) is 14.8. The number of aliphatic hydroxyl groups is 1. The summed E-state index contributed by atoms with van der Waals surface area (Å²) in [7, 11) is 0. The van der Waals surface area contributed by atoms with Crippen molar-refractivity contribution in [2.45, 2.75) is 109 Å². The van der Waals surface area contributed by atoms with E-state index in [2.05, 4.69) is 51.8 Å². The fourth-order valence-electron chi connectivity index (χ4n) is 6.06. The average Bonchev–Trinajstić information content (AvgIpc) is 3.92. The number of aliphatic carboxylic acids is 1. The number of nitrogens with zero attached hydrogens (tertiary/aromatic N) is 2. The van der Waals surface area contributed by atoms with E-state index < -0.39 is 96.2 Å². The summed E-state index contributed by atoms with van der Waals surface area (Å²) in [4.78, 5) is 107. The van der Waals surface area contributed by atoms with Crippen molar-refractivity contribution in [3.63, 3.8) is 0 Å². The zero-order valence-electron chi connectivity index (χ0n) is 33.9. The molecule has 12 N–H and O–H groups in total. The van der Waals surface area contributed by atoms with Crippen molar-refractivity contribution < 1.29 is 43.8 Å². The highest BCUT2D eigenvalue weighted by atomic mass is 16.4. The van der Waals surface area contributed by atoms with Crippen LogP contribution >= 0.6 is 0 Å². The largest absolute Gasteiger partial charge is 0.480 e. The van der Waals surface area contributed by atoms with Gasteiger partial charge in [-0.05, 0) is 30.7 Å². The summed E-state index contributed by atoms with van der Waals surface area (Å²) in [5, 5.41) is 35.7. The second-order valence-corrected chi connectivity index (χ2v) is 14.8. The van der Waals surface area contributed by atoms with Gasteiger partial charge in [-0.15, -0.1) is 0 Å². The third-order valence-electron chi connectivity index (χ3n) is 9.52. The predicted molar refractivity (Wildman–Crippen MR) is 214 cm³/mol. The molecule has 322 valence electrons. The number of carboxylic acid groups (broad SMARTS) is 1. The Labute approximate surface area is 342 Å². The zero-order valence-corrected chi connectivity index (χ0v) is 33.9. The summed E-state index contributed by atoms with van der Waals surface area (Å²) in [5.41, 5.74) is 6.94. The van der Waals surface area contributed by atoms with Crippen molar-refractivity contribution in [1.82, 2.24) is 51.8 Å². The number of aromatic amines is 2. The fraction of sp³-hybridized carbons (Fsp3) is 0.513. The summed E-state index contributed by atoms with van der Waals surface area (Å²) in [6.45, 7) is 8.04. The third-order valence-corrected chi connectivity index (χ3v) is 9.52. The molecule has 2 aromatic heterocycles. The number of carbonyl (C=O) groups excluding carboxylic acids is 6. The van der Waals surface area contributed by atoms with Crippen LogP contribution in [0.5, 0.6) is 0 Å². The van der Waals surface area contributed by atoms with Gasteiger partial charge >= 0.3 is 5.97 Å².